The summed E-state index contributed by atoms with van der Waals surface area (Å²) in [6, 6.07) is 14.0. The zero-order valence-corrected chi connectivity index (χ0v) is 16.3. The molecule has 1 saturated carbocycles. The third-order valence-electron chi connectivity index (χ3n) is 5.18. The summed E-state index contributed by atoms with van der Waals surface area (Å²) in [4.78, 5) is 12.5. The number of fused-ring (bicyclic) bond motifs is 1. The molecular formula is C21H24N4OS. The molecule has 1 fully saturated rings. The minimum Gasteiger partial charge on any atom is -0.325 e. The fourth-order valence-electron chi connectivity index (χ4n) is 3.84. The van der Waals surface area contributed by atoms with Gasteiger partial charge in [0.2, 0.25) is 5.91 Å². The first-order valence-corrected chi connectivity index (χ1v) is 10.6. The molecule has 0 saturated heterocycles. The van der Waals surface area contributed by atoms with E-state index >= 15 is 0 Å². The predicted molar refractivity (Wildman–Crippen MR) is 110 cm³/mol. The van der Waals surface area contributed by atoms with Gasteiger partial charge in [-0.2, -0.15) is 0 Å². The lowest BCUT2D eigenvalue weighted by atomic mass is 10.1. The molecule has 27 heavy (non-hydrogen) atoms. The third kappa shape index (κ3) is 3.86. The summed E-state index contributed by atoms with van der Waals surface area (Å²) in [6.07, 6.45) is 4.95. The van der Waals surface area contributed by atoms with Crippen LogP contribution in [0.15, 0.2) is 47.6 Å². The van der Waals surface area contributed by atoms with Crippen LogP contribution in [0.2, 0.25) is 0 Å². The van der Waals surface area contributed by atoms with Crippen molar-refractivity contribution in [2.45, 2.75) is 50.2 Å². The van der Waals surface area contributed by atoms with E-state index in [1.165, 1.54) is 37.4 Å². The summed E-state index contributed by atoms with van der Waals surface area (Å²) in [5.41, 5.74) is 0.849. The second kappa shape index (κ2) is 8.13. The van der Waals surface area contributed by atoms with Crippen molar-refractivity contribution in [3.05, 3.63) is 48.3 Å². The molecule has 2 aromatic carbocycles. The molecule has 0 radical (unpaired) electrons. The Kier molecular flexibility index (Phi) is 5.43. The third-order valence-corrected chi connectivity index (χ3v) is 6.14. The largest absolute Gasteiger partial charge is 0.325 e. The summed E-state index contributed by atoms with van der Waals surface area (Å²) < 4.78 is 2.17. The minimum atomic E-state index is -0.0237. The molecule has 0 unspecified atom stereocenters. The maximum absolute atomic E-state index is 12.5. The van der Waals surface area contributed by atoms with Crippen molar-refractivity contribution in [3.63, 3.8) is 0 Å². The molecule has 1 aliphatic rings. The van der Waals surface area contributed by atoms with Gasteiger partial charge >= 0.3 is 0 Å². The van der Waals surface area contributed by atoms with Crippen LogP contribution < -0.4 is 5.32 Å². The van der Waals surface area contributed by atoms with Gasteiger partial charge in [-0.3, -0.25) is 4.79 Å². The molecule has 3 aromatic rings. The summed E-state index contributed by atoms with van der Waals surface area (Å²) in [5, 5.41) is 14.8. The van der Waals surface area contributed by atoms with E-state index in [1.54, 1.807) is 0 Å². The first-order chi connectivity index (χ1) is 13.3. The smallest absolute Gasteiger partial charge is 0.234 e. The Bertz CT molecular complexity index is 941. The number of nitrogens with one attached hydrogen (secondary N) is 1. The Morgan fingerprint density at radius 3 is 2.74 bits per heavy atom. The van der Waals surface area contributed by atoms with Gasteiger partial charge in [0.1, 0.15) is 5.82 Å². The quantitative estimate of drug-likeness (QED) is 0.622. The topological polar surface area (TPSA) is 59.8 Å². The molecule has 6 heteroatoms. The van der Waals surface area contributed by atoms with Gasteiger partial charge in [-0.25, -0.2) is 0 Å². The van der Waals surface area contributed by atoms with E-state index in [9.17, 15) is 4.79 Å². The van der Waals surface area contributed by atoms with Gasteiger partial charge in [0, 0.05) is 23.5 Å². The second-order valence-corrected chi connectivity index (χ2v) is 7.87. The number of aromatic nitrogens is 3. The standard InChI is InChI=1S/C21H24N4OS/c1-2-25-20(16-9-3-4-10-16)23-24-21(25)27-14-19(26)22-18-13-7-11-15-8-5-6-12-17(15)18/h5-8,11-13,16H,2-4,9-10,14H2,1H3,(H,22,26). The van der Waals surface area contributed by atoms with Gasteiger partial charge in [-0.05, 0) is 31.2 Å². The van der Waals surface area contributed by atoms with Crippen molar-refractivity contribution in [1.82, 2.24) is 14.8 Å². The van der Waals surface area contributed by atoms with Crippen molar-refractivity contribution in [2.24, 2.45) is 0 Å². The van der Waals surface area contributed by atoms with Gasteiger partial charge < -0.3 is 9.88 Å². The van der Waals surface area contributed by atoms with Gasteiger partial charge in [-0.1, -0.05) is 61.0 Å². The van der Waals surface area contributed by atoms with Gasteiger partial charge in [0.15, 0.2) is 5.16 Å². The number of carbonyl (C=O) groups excluding carboxylic acids is 1. The Labute approximate surface area is 163 Å². The number of hydrogen-bond donors (Lipinski definition) is 1. The maximum Gasteiger partial charge on any atom is 0.234 e. The minimum absolute atomic E-state index is 0.0237. The molecule has 1 heterocycles. The normalized spacial score (nSPS) is 14.7. The predicted octanol–water partition coefficient (Wildman–Crippen LogP) is 4.84. The SMILES string of the molecule is CCn1c(SCC(=O)Nc2cccc3ccccc23)nnc1C1CCCC1. The van der Waals surface area contributed by atoms with Crippen LogP contribution in [0, 0.1) is 0 Å². The van der Waals surface area contributed by atoms with E-state index in [-0.39, 0.29) is 5.91 Å². The highest BCUT2D eigenvalue weighted by atomic mass is 32.2. The van der Waals surface area contributed by atoms with E-state index in [0.29, 0.717) is 11.7 Å². The Hall–Kier alpha value is -2.34. The van der Waals surface area contributed by atoms with E-state index < -0.39 is 0 Å². The molecule has 140 valence electrons. The lowest BCUT2D eigenvalue weighted by Gasteiger charge is -2.12. The molecule has 1 aliphatic carbocycles. The molecule has 0 bridgehead atoms. The maximum atomic E-state index is 12.5. The molecule has 1 aromatic heterocycles. The number of benzene rings is 2. The van der Waals surface area contributed by atoms with Crippen LogP contribution in [0.1, 0.15) is 44.3 Å². The summed E-state index contributed by atoms with van der Waals surface area (Å²) in [6.45, 7) is 2.95. The van der Waals surface area contributed by atoms with Crippen LogP contribution in [0.25, 0.3) is 10.8 Å². The summed E-state index contributed by atoms with van der Waals surface area (Å²) in [7, 11) is 0. The van der Waals surface area contributed by atoms with E-state index in [2.05, 4.69) is 27.0 Å². The average Bonchev–Trinajstić information content (AvgIpc) is 3.36. The molecule has 1 amide bonds. The lowest BCUT2D eigenvalue weighted by Crippen LogP contribution is -2.15. The molecule has 1 N–H and O–H groups in total. The summed E-state index contributed by atoms with van der Waals surface area (Å²) >= 11 is 1.46. The number of nitrogens with zero attached hydrogens (tertiary/aromatic N) is 3. The number of thioether (sulfide) groups is 1. The fraction of sp³-hybridized carbons (Fsp3) is 0.381. The zero-order chi connectivity index (χ0) is 18.6. The Morgan fingerprint density at radius 1 is 1.15 bits per heavy atom. The van der Waals surface area contributed by atoms with Crippen LogP contribution in [0.3, 0.4) is 0 Å². The molecule has 0 spiro atoms. The average molecular weight is 381 g/mol. The first kappa shape index (κ1) is 18.0. The molecule has 5 nitrogen and oxygen atoms in total. The van der Waals surface area contributed by atoms with Gasteiger partial charge in [0.05, 0.1) is 5.75 Å². The number of carbonyl (C=O) groups is 1. The molecule has 0 aliphatic heterocycles. The molecular weight excluding hydrogens is 356 g/mol. The monoisotopic (exact) mass is 380 g/mol. The first-order valence-electron chi connectivity index (χ1n) is 9.59. The van der Waals surface area contributed by atoms with Gasteiger partial charge in [-0.15, -0.1) is 10.2 Å². The van der Waals surface area contributed by atoms with Crippen molar-refractivity contribution < 1.29 is 4.79 Å². The van der Waals surface area contributed by atoms with Crippen LogP contribution in [0.5, 0.6) is 0 Å². The number of anilines is 1. The molecule has 4 rings (SSSR count). The van der Waals surface area contributed by atoms with E-state index in [4.69, 9.17) is 0 Å². The van der Waals surface area contributed by atoms with Crippen LogP contribution in [-0.4, -0.2) is 26.4 Å². The zero-order valence-electron chi connectivity index (χ0n) is 15.5. The number of hydrogen-bond acceptors (Lipinski definition) is 4. The fourth-order valence-corrected chi connectivity index (χ4v) is 4.65. The highest BCUT2D eigenvalue weighted by Gasteiger charge is 2.24. The highest BCUT2D eigenvalue weighted by molar-refractivity contribution is 7.99. The second-order valence-electron chi connectivity index (χ2n) is 6.93. The van der Waals surface area contributed by atoms with Crippen LogP contribution in [-0.2, 0) is 11.3 Å². The van der Waals surface area contributed by atoms with E-state index in [1.807, 2.05) is 42.5 Å². The van der Waals surface area contributed by atoms with Crippen LogP contribution in [0.4, 0.5) is 5.69 Å². The Morgan fingerprint density at radius 2 is 1.93 bits per heavy atom. The van der Waals surface area contributed by atoms with Crippen molar-refractivity contribution in [2.75, 3.05) is 11.1 Å². The molecule has 0 atom stereocenters. The summed E-state index contributed by atoms with van der Waals surface area (Å²) in [5.74, 6) is 1.92. The number of amides is 1. The van der Waals surface area contributed by atoms with Crippen molar-refractivity contribution >= 4 is 34.1 Å². The van der Waals surface area contributed by atoms with Crippen LogP contribution >= 0.6 is 11.8 Å². The lowest BCUT2D eigenvalue weighted by molar-refractivity contribution is -0.113. The number of rotatable bonds is 6. The highest BCUT2D eigenvalue weighted by Crippen LogP contribution is 2.34. The van der Waals surface area contributed by atoms with Crippen molar-refractivity contribution in [3.8, 4) is 0 Å². The Balaban J connectivity index is 1.43. The van der Waals surface area contributed by atoms with E-state index in [0.717, 1.165) is 34.0 Å². The van der Waals surface area contributed by atoms with Crippen molar-refractivity contribution in [1.29, 1.82) is 0 Å². The van der Waals surface area contributed by atoms with Gasteiger partial charge in [0.25, 0.3) is 0 Å².